The molecule has 0 fully saturated rings. The van der Waals surface area contributed by atoms with Crippen molar-refractivity contribution in [1.29, 1.82) is 0 Å². The van der Waals surface area contributed by atoms with E-state index in [2.05, 4.69) is 4.72 Å². The minimum Gasteiger partial charge on any atom is -0.492 e. The molecule has 1 rings (SSSR count). The lowest BCUT2D eigenvalue weighted by Gasteiger charge is -2.21. The quantitative estimate of drug-likeness (QED) is 0.784. The Labute approximate surface area is 114 Å². The Hall–Kier alpha value is -1.31. The van der Waals surface area contributed by atoms with E-state index in [0.29, 0.717) is 24.6 Å². The summed E-state index contributed by atoms with van der Waals surface area (Å²) >= 11 is 0. The SMILES string of the molecule is CC(C)N(C)S(=O)(=O)Nc1cccc(OCCN)c1. The molecule has 0 aliphatic heterocycles. The molecule has 0 radical (unpaired) electrons. The predicted octanol–water partition coefficient (Wildman–Crippen LogP) is 1.02. The van der Waals surface area contributed by atoms with Crippen LogP contribution in [-0.4, -0.2) is 39.0 Å². The molecule has 0 unspecified atom stereocenters. The minimum absolute atomic E-state index is 0.117. The average molecular weight is 287 g/mol. The summed E-state index contributed by atoms with van der Waals surface area (Å²) in [5, 5.41) is 0. The summed E-state index contributed by atoms with van der Waals surface area (Å²) in [5.41, 5.74) is 5.81. The number of hydrogen-bond acceptors (Lipinski definition) is 4. The Kier molecular flexibility index (Phi) is 5.59. The zero-order chi connectivity index (χ0) is 14.5. The van der Waals surface area contributed by atoms with Crippen molar-refractivity contribution in [2.45, 2.75) is 19.9 Å². The Balaban J connectivity index is 2.82. The van der Waals surface area contributed by atoms with Gasteiger partial charge in [-0.2, -0.15) is 12.7 Å². The van der Waals surface area contributed by atoms with E-state index >= 15 is 0 Å². The molecule has 1 aromatic carbocycles. The van der Waals surface area contributed by atoms with Gasteiger partial charge in [-0.3, -0.25) is 4.72 Å². The van der Waals surface area contributed by atoms with E-state index < -0.39 is 10.2 Å². The number of nitrogens with two attached hydrogens (primary N) is 1. The van der Waals surface area contributed by atoms with Gasteiger partial charge in [0.1, 0.15) is 12.4 Å². The van der Waals surface area contributed by atoms with Gasteiger partial charge in [0.25, 0.3) is 0 Å². The van der Waals surface area contributed by atoms with Gasteiger partial charge in [0.05, 0.1) is 5.69 Å². The molecule has 1 aromatic rings. The first-order valence-electron chi connectivity index (χ1n) is 6.05. The summed E-state index contributed by atoms with van der Waals surface area (Å²) in [4.78, 5) is 0. The van der Waals surface area contributed by atoms with Crippen LogP contribution in [0.3, 0.4) is 0 Å². The van der Waals surface area contributed by atoms with E-state index in [1.54, 1.807) is 38.1 Å². The zero-order valence-corrected chi connectivity index (χ0v) is 12.3. The van der Waals surface area contributed by atoms with E-state index in [1.165, 1.54) is 11.4 Å². The van der Waals surface area contributed by atoms with Crippen LogP contribution in [0.15, 0.2) is 24.3 Å². The first kappa shape index (κ1) is 15.7. The Morgan fingerprint density at radius 2 is 2.11 bits per heavy atom. The number of nitrogens with zero attached hydrogens (tertiary/aromatic N) is 1. The van der Waals surface area contributed by atoms with Gasteiger partial charge in [0.15, 0.2) is 0 Å². The molecular weight excluding hydrogens is 266 g/mol. The lowest BCUT2D eigenvalue weighted by atomic mass is 10.3. The van der Waals surface area contributed by atoms with Crippen LogP contribution >= 0.6 is 0 Å². The van der Waals surface area contributed by atoms with Crippen molar-refractivity contribution in [3.63, 3.8) is 0 Å². The minimum atomic E-state index is -3.55. The molecule has 0 aliphatic rings. The molecule has 0 heterocycles. The van der Waals surface area contributed by atoms with Gasteiger partial charge < -0.3 is 10.5 Å². The van der Waals surface area contributed by atoms with Gasteiger partial charge in [-0.25, -0.2) is 0 Å². The van der Waals surface area contributed by atoms with Gasteiger partial charge in [-0.1, -0.05) is 6.07 Å². The molecule has 0 saturated heterocycles. The summed E-state index contributed by atoms with van der Waals surface area (Å²) in [6, 6.07) is 6.65. The lowest BCUT2D eigenvalue weighted by molar-refractivity contribution is 0.328. The predicted molar refractivity (Wildman–Crippen MR) is 76.4 cm³/mol. The molecule has 108 valence electrons. The number of anilines is 1. The van der Waals surface area contributed by atoms with E-state index in [4.69, 9.17) is 10.5 Å². The van der Waals surface area contributed by atoms with Crippen LogP contribution in [-0.2, 0) is 10.2 Å². The second-order valence-corrected chi connectivity index (χ2v) is 6.11. The van der Waals surface area contributed by atoms with Crippen LogP contribution in [0.2, 0.25) is 0 Å². The molecule has 0 spiro atoms. The van der Waals surface area contributed by atoms with Gasteiger partial charge in [-0.15, -0.1) is 0 Å². The normalized spacial score (nSPS) is 11.9. The third kappa shape index (κ3) is 4.70. The molecule has 0 atom stereocenters. The highest BCUT2D eigenvalue weighted by atomic mass is 32.2. The number of hydrogen-bond donors (Lipinski definition) is 2. The zero-order valence-electron chi connectivity index (χ0n) is 11.5. The monoisotopic (exact) mass is 287 g/mol. The van der Waals surface area contributed by atoms with Crippen molar-refractivity contribution in [3.05, 3.63) is 24.3 Å². The number of rotatable bonds is 7. The summed E-state index contributed by atoms with van der Waals surface area (Å²) in [6.45, 7) is 4.41. The molecule has 19 heavy (non-hydrogen) atoms. The third-order valence-corrected chi connectivity index (χ3v) is 4.25. The van der Waals surface area contributed by atoms with Crippen molar-refractivity contribution in [3.8, 4) is 5.75 Å². The van der Waals surface area contributed by atoms with Crippen molar-refractivity contribution < 1.29 is 13.2 Å². The largest absolute Gasteiger partial charge is 0.492 e. The second kappa shape index (κ2) is 6.74. The molecule has 3 N–H and O–H groups in total. The van der Waals surface area contributed by atoms with Crippen LogP contribution in [0.4, 0.5) is 5.69 Å². The maximum atomic E-state index is 12.0. The fourth-order valence-corrected chi connectivity index (χ4v) is 2.45. The summed E-state index contributed by atoms with van der Waals surface area (Å²) in [7, 11) is -2.02. The Morgan fingerprint density at radius 3 is 2.68 bits per heavy atom. The third-order valence-electron chi connectivity index (χ3n) is 2.57. The van der Waals surface area contributed by atoms with Crippen LogP contribution in [0, 0.1) is 0 Å². The van der Waals surface area contributed by atoms with Crippen molar-refractivity contribution in [2.75, 3.05) is 24.9 Å². The first-order valence-corrected chi connectivity index (χ1v) is 7.49. The van der Waals surface area contributed by atoms with E-state index in [9.17, 15) is 8.42 Å². The standard InChI is InChI=1S/C12H21N3O3S/c1-10(2)15(3)19(16,17)14-11-5-4-6-12(9-11)18-8-7-13/h4-6,9-10,14H,7-8,13H2,1-3H3. The average Bonchev–Trinajstić information content (AvgIpc) is 2.35. The molecule has 0 amide bonds. The van der Waals surface area contributed by atoms with E-state index in [0.717, 1.165) is 0 Å². The number of ether oxygens (including phenoxy) is 1. The van der Waals surface area contributed by atoms with Gasteiger partial charge >= 0.3 is 10.2 Å². The molecule has 0 aliphatic carbocycles. The molecule has 6 nitrogen and oxygen atoms in total. The summed E-state index contributed by atoms with van der Waals surface area (Å²) in [6.07, 6.45) is 0. The smallest absolute Gasteiger partial charge is 0.301 e. The summed E-state index contributed by atoms with van der Waals surface area (Å²) < 4.78 is 33.2. The maximum Gasteiger partial charge on any atom is 0.301 e. The van der Waals surface area contributed by atoms with Crippen LogP contribution in [0.5, 0.6) is 5.75 Å². The van der Waals surface area contributed by atoms with Gasteiger partial charge in [0.2, 0.25) is 0 Å². The number of benzene rings is 1. The fraction of sp³-hybridized carbons (Fsp3) is 0.500. The van der Waals surface area contributed by atoms with Crippen molar-refractivity contribution in [1.82, 2.24) is 4.31 Å². The van der Waals surface area contributed by atoms with Gasteiger partial charge in [0, 0.05) is 25.7 Å². The molecule has 0 saturated carbocycles. The molecular formula is C12H21N3O3S. The highest BCUT2D eigenvalue weighted by molar-refractivity contribution is 7.90. The number of nitrogens with one attached hydrogen (secondary N) is 1. The fourth-order valence-electron chi connectivity index (χ4n) is 1.32. The van der Waals surface area contributed by atoms with Gasteiger partial charge in [-0.05, 0) is 26.0 Å². The second-order valence-electron chi connectivity index (χ2n) is 4.38. The lowest BCUT2D eigenvalue weighted by Crippen LogP contribution is -2.37. The first-order chi connectivity index (χ1) is 8.86. The van der Waals surface area contributed by atoms with Crippen LogP contribution in [0.1, 0.15) is 13.8 Å². The molecule has 7 heteroatoms. The van der Waals surface area contributed by atoms with E-state index in [-0.39, 0.29) is 6.04 Å². The molecule has 0 bridgehead atoms. The van der Waals surface area contributed by atoms with E-state index in [1.807, 2.05) is 0 Å². The summed E-state index contributed by atoms with van der Waals surface area (Å²) in [5.74, 6) is 0.581. The Bertz CT molecular complexity index is 503. The van der Waals surface area contributed by atoms with Crippen molar-refractivity contribution in [2.24, 2.45) is 5.73 Å². The van der Waals surface area contributed by atoms with Crippen molar-refractivity contribution >= 4 is 15.9 Å². The highest BCUT2D eigenvalue weighted by Crippen LogP contribution is 2.19. The van der Waals surface area contributed by atoms with Crippen LogP contribution in [0.25, 0.3) is 0 Å². The maximum absolute atomic E-state index is 12.0. The van der Waals surface area contributed by atoms with Crippen LogP contribution < -0.4 is 15.2 Å². The molecule has 0 aromatic heterocycles. The Morgan fingerprint density at radius 1 is 1.42 bits per heavy atom. The highest BCUT2D eigenvalue weighted by Gasteiger charge is 2.20. The topological polar surface area (TPSA) is 84.7 Å².